The molecule has 1 heterocycles. The number of sulfonamides is 1. The highest BCUT2D eigenvalue weighted by Crippen LogP contribution is 2.16. The zero-order valence-electron chi connectivity index (χ0n) is 17.8. The van der Waals surface area contributed by atoms with Crippen LogP contribution < -0.4 is 21.7 Å². The van der Waals surface area contributed by atoms with Crippen LogP contribution in [0.25, 0.3) is 0 Å². The van der Waals surface area contributed by atoms with Crippen molar-refractivity contribution < 1.29 is 22.7 Å². The van der Waals surface area contributed by atoms with Gasteiger partial charge in [0.25, 0.3) is 5.56 Å². The average molecular weight is 487 g/mol. The Hall–Kier alpha value is -2.96. The Kier molecular flexibility index (Phi) is 7.65. The molecular formula is C19H23ClN4O7S. The monoisotopic (exact) mass is 486 g/mol. The summed E-state index contributed by atoms with van der Waals surface area (Å²) in [5.41, 5.74) is 3.55. The fourth-order valence-electron chi connectivity index (χ4n) is 2.73. The van der Waals surface area contributed by atoms with Gasteiger partial charge in [-0.05, 0) is 30.2 Å². The summed E-state index contributed by atoms with van der Waals surface area (Å²) in [6.07, 6.45) is 0. The molecule has 0 saturated heterocycles. The Balaban J connectivity index is 2.21. The molecule has 3 N–H and O–H groups in total. The Morgan fingerprint density at radius 3 is 2.22 bits per heavy atom. The predicted octanol–water partition coefficient (Wildman–Crippen LogP) is 0.0486. The van der Waals surface area contributed by atoms with Gasteiger partial charge in [-0.15, -0.1) is 0 Å². The minimum Gasteiger partial charge on any atom is -0.456 e. The number of hydrogen-bond acceptors (Lipinski definition) is 8. The van der Waals surface area contributed by atoms with Crippen LogP contribution in [0.4, 0.5) is 5.82 Å². The highest BCUT2D eigenvalue weighted by Gasteiger charge is 2.31. The van der Waals surface area contributed by atoms with Gasteiger partial charge in [0.1, 0.15) is 17.4 Å². The molecule has 32 heavy (non-hydrogen) atoms. The summed E-state index contributed by atoms with van der Waals surface area (Å²) < 4.78 is 34.0. The van der Waals surface area contributed by atoms with Crippen molar-refractivity contribution in [1.29, 1.82) is 0 Å². The van der Waals surface area contributed by atoms with Gasteiger partial charge in [0.15, 0.2) is 6.61 Å². The fraction of sp³-hybridized carbons (Fsp3) is 0.368. The minimum absolute atomic E-state index is 0.113. The molecule has 0 aliphatic rings. The number of nitrogens with zero attached hydrogens (tertiary/aromatic N) is 2. The molecule has 0 bridgehead atoms. The number of nitrogens with one attached hydrogen (secondary N) is 1. The maximum Gasteiger partial charge on any atom is 0.332 e. The van der Waals surface area contributed by atoms with Gasteiger partial charge in [0, 0.05) is 19.1 Å². The number of carbonyl (C=O) groups is 2. The largest absolute Gasteiger partial charge is 0.456 e. The number of ketones is 1. The smallest absolute Gasteiger partial charge is 0.332 e. The topological polar surface area (TPSA) is 160 Å². The van der Waals surface area contributed by atoms with Gasteiger partial charge in [-0.3, -0.25) is 23.5 Å². The number of nitrogens with two attached hydrogens (primary N) is 1. The summed E-state index contributed by atoms with van der Waals surface area (Å²) in [6.45, 7) is 2.29. The lowest BCUT2D eigenvalue weighted by molar-refractivity contribution is -0.145. The molecule has 0 aliphatic heterocycles. The van der Waals surface area contributed by atoms with E-state index in [0.29, 0.717) is 9.59 Å². The molecule has 174 valence electrons. The second kappa shape index (κ2) is 9.67. The van der Waals surface area contributed by atoms with E-state index < -0.39 is 57.2 Å². The van der Waals surface area contributed by atoms with Crippen molar-refractivity contribution in [3.05, 3.63) is 55.7 Å². The molecule has 1 atom stereocenters. The molecular weight excluding hydrogens is 464 g/mol. The molecule has 0 fully saturated rings. The Morgan fingerprint density at radius 1 is 1.12 bits per heavy atom. The lowest BCUT2D eigenvalue weighted by Crippen LogP contribution is -2.46. The molecule has 2 aromatic rings. The van der Waals surface area contributed by atoms with Crippen molar-refractivity contribution in [1.82, 2.24) is 13.9 Å². The third-order valence-electron chi connectivity index (χ3n) is 4.66. The summed E-state index contributed by atoms with van der Waals surface area (Å²) >= 11 is 5.77. The zero-order valence-corrected chi connectivity index (χ0v) is 19.4. The van der Waals surface area contributed by atoms with E-state index >= 15 is 0 Å². The van der Waals surface area contributed by atoms with E-state index in [1.165, 1.54) is 38.4 Å². The van der Waals surface area contributed by atoms with Gasteiger partial charge in [-0.1, -0.05) is 25.4 Å². The van der Waals surface area contributed by atoms with Gasteiger partial charge < -0.3 is 10.5 Å². The molecule has 11 nitrogen and oxygen atoms in total. The van der Waals surface area contributed by atoms with Crippen LogP contribution in [0.3, 0.4) is 0 Å². The summed E-state index contributed by atoms with van der Waals surface area (Å²) in [7, 11) is -1.64. The number of rotatable bonds is 8. The number of nitrogen functional groups attached to an aromatic ring is 1. The number of esters is 1. The molecule has 1 aromatic carbocycles. The van der Waals surface area contributed by atoms with E-state index in [9.17, 15) is 27.6 Å². The first kappa shape index (κ1) is 25.3. The molecule has 0 radical (unpaired) electrons. The lowest BCUT2D eigenvalue weighted by atomic mass is 10.1. The Labute approximate surface area is 188 Å². The maximum absolute atomic E-state index is 12.6. The predicted molar refractivity (Wildman–Crippen MR) is 117 cm³/mol. The van der Waals surface area contributed by atoms with E-state index in [0.717, 1.165) is 4.57 Å². The van der Waals surface area contributed by atoms with Gasteiger partial charge in [-0.2, -0.15) is 4.72 Å². The van der Waals surface area contributed by atoms with Crippen molar-refractivity contribution in [2.24, 2.45) is 20.0 Å². The first-order valence-corrected chi connectivity index (χ1v) is 11.2. The van der Waals surface area contributed by atoms with Crippen molar-refractivity contribution in [3.63, 3.8) is 0 Å². The normalized spacial score (nSPS) is 12.6. The number of aromatic nitrogens is 2. The number of hydrogen-bond donors (Lipinski definition) is 2. The van der Waals surface area contributed by atoms with Crippen LogP contribution in [-0.2, 0) is 33.7 Å². The van der Waals surface area contributed by atoms with Gasteiger partial charge in [0.2, 0.25) is 15.8 Å². The molecule has 13 heteroatoms. The second-order valence-electron chi connectivity index (χ2n) is 7.29. The first-order chi connectivity index (χ1) is 14.8. The molecule has 2 rings (SSSR count). The van der Waals surface area contributed by atoms with Crippen LogP contribution in [0, 0.1) is 5.92 Å². The first-order valence-electron chi connectivity index (χ1n) is 9.31. The number of Topliss-reactive ketones (excluding diaryl/α,β-unsaturated/α-hetero) is 1. The number of halogens is 1. The zero-order chi connectivity index (χ0) is 24.4. The van der Waals surface area contributed by atoms with Gasteiger partial charge in [-0.25, -0.2) is 13.2 Å². The SMILES string of the molecule is CC(C)[C@H](NS(=O)(=O)c1ccc(Cl)cc1)C(=O)OCC(=O)c1c(N)n(C)c(=O)n(C)c1=O. The minimum atomic E-state index is -4.09. The highest BCUT2D eigenvalue weighted by molar-refractivity contribution is 7.89. The van der Waals surface area contributed by atoms with Crippen LogP contribution in [0.1, 0.15) is 24.2 Å². The second-order valence-corrected chi connectivity index (χ2v) is 9.44. The quantitative estimate of drug-likeness (QED) is 0.391. The van der Waals surface area contributed by atoms with Crippen molar-refractivity contribution in [3.8, 4) is 0 Å². The highest BCUT2D eigenvalue weighted by atomic mass is 35.5. The lowest BCUT2D eigenvalue weighted by Gasteiger charge is -2.21. The molecule has 0 spiro atoms. The standard InChI is InChI=1S/C19H23ClN4O7S/c1-10(2)15(22-32(29,30)12-7-5-11(20)6-8-12)18(27)31-9-13(25)14-16(21)23(3)19(28)24(4)17(14)26/h5-8,10,15,22H,9,21H2,1-4H3/t15-/m0/s1. The Bertz CT molecular complexity index is 1260. The number of carbonyl (C=O) groups excluding carboxylic acids is 2. The van der Waals surface area contributed by atoms with Crippen LogP contribution >= 0.6 is 11.6 Å². The molecule has 0 unspecified atom stereocenters. The number of ether oxygens (including phenoxy) is 1. The summed E-state index contributed by atoms with van der Waals surface area (Å²) in [5, 5.41) is 0.339. The molecule has 1 aromatic heterocycles. The number of anilines is 1. The van der Waals surface area contributed by atoms with Crippen molar-refractivity contribution in [2.75, 3.05) is 12.3 Å². The third-order valence-corrected chi connectivity index (χ3v) is 6.37. The third kappa shape index (κ3) is 5.26. The van der Waals surface area contributed by atoms with Crippen molar-refractivity contribution >= 4 is 39.2 Å². The van der Waals surface area contributed by atoms with E-state index in [-0.39, 0.29) is 10.7 Å². The van der Waals surface area contributed by atoms with E-state index in [2.05, 4.69) is 4.72 Å². The van der Waals surface area contributed by atoms with E-state index in [1.807, 2.05) is 0 Å². The van der Waals surface area contributed by atoms with Crippen LogP contribution in [0.2, 0.25) is 5.02 Å². The Morgan fingerprint density at radius 2 is 1.69 bits per heavy atom. The summed E-state index contributed by atoms with van der Waals surface area (Å²) in [4.78, 5) is 49.1. The summed E-state index contributed by atoms with van der Waals surface area (Å²) in [5.74, 6) is -2.86. The molecule has 0 aliphatic carbocycles. The van der Waals surface area contributed by atoms with Gasteiger partial charge in [0.05, 0.1) is 4.90 Å². The van der Waals surface area contributed by atoms with E-state index in [1.54, 1.807) is 13.8 Å². The molecule has 0 amide bonds. The van der Waals surface area contributed by atoms with Crippen molar-refractivity contribution in [2.45, 2.75) is 24.8 Å². The van der Waals surface area contributed by atoms with Crippen LogP contribution in [-0.4, -0.2) is 42.0 Å². The maximum atomic E-state index is 12.6. The van der Waals surface area contributed by atoms with Gasteiger partial charge >= 0.3 is 11.7 Å². The van der Waals surface area contributed by atoms with Crippen LogP contribution in [0.15, 0.2) is 38.8 Å². The van der Waals surface area contributed by atoms with Crippen LogP contribution in [0.5, 0.6) is 0 Å². The average Bonchev–Trinajstić information content (AvgIpc) is 2.73. The van der Waals surface area contributed by atoms with E-state index in [4.69, 9.17) is 22.1 Å². The molecule has 0 saturated carbocycles. The summed E-state index contributed by atoms with van der Waals surface area (Å²) in [6, 6.07) is 4.00. The number of benzene rings is 1. The fourth-order valence-corrected chi connectivity index (χ4v) is 4.19.